The van der Waals surface area contributed by atoms with Crippen LogP contribution in [0.3, 0.4) is 0 Å². The second-order valence-electron chi connectivity index (χ2n) is 5.27. The number of ether oxygens (including phenoxy) is 1. The molecule has 1 aliphatic heterocycles. The molecule has 0 saturated carbocycles. The van der Waals surface area contributed by atoms with Crippen molar-refractivity contribution in [1.29, 1.82) is 0 Å². The number of hydrogen-bond donors (Lipinski definition) is 2. The van der Waals surface area contributed by atoms with E-state index in [-0.39, 0.29) is 0 Å². The Bertz CT molecular complexity index is 721. The van der Waals surface area contributed by atoms with E-state index in [9.17, 15) is 0 Å². The summed E-state index contributed by atoms with van der Waals surface area (Å²) in [6.45, 7) is 3.28. The van der Waals surface area contributed by atoms with Gasteiger partial charge < -0.3 is 15.4 Å². The molecule has 0 atom stereocenters. The zero-order valence-electron chi connectivity index (χ0n) is 12.8. The van der Waals surface area contributed by atoms with Gasteiger partial charge in [-0.2, -0.15) is 0 Å². The molecular formula is C16H17Cl2N4OS+. The van der Waals surface area contributed by atoms with Crippen molar-refractivity contribution in [2.24, 2.45) is 0 Å². The highest BCUT2D eigenvalue weighted by molar-refractivity contribution is 7.80. The zero-order valence-corrected chi connectivity index (χ0v) is 15.1. The monoisotopic (exact) mass is 383 g/mol. The minimum Gasteiger partial charge on any atom is -0.373 e. The summed E-state index contributed by atoms with van der Waals surface area (Å²) in [6, 6.07) is 9.16. The van der Waals surface area contributed by atoms with Crippen LogP contribution in [0.1, 0.15) is 0 Å². The minimum absolute atomic E-state index is 0.437. The molecule has 126 valence electrons. The number of thiocarbonyl (C=S) groups is 1. The Labute approximate surface area is 155 Å². The fourth-order valence-electron chi connectivity index (χ4n) is 2.37. The van der Waals surface area contributed by atoms with Crippen LogP contribution in [0.25, 0.3) is 0 Å². The van der Waals surface area contributed by atoms with Gasteiger partial charge in [-0.25, -0.2) is 4.98 Å². The predicted molar refractivity (Wildman–Crippen MR) is 102 cm³/mol. The normalized spacial score (nSPS) is 14.3. The van der Waals surface area contributed by atoms with Crippen LogP contribution < -0.4 is 20.5 Å². The summed E-state index contributed by atoms with van der Waals surface area (Å²) in [7, 11) is 0. The number of nitrogens with one attached hydrogen (secondary N) is 3. The molecule has 0 unspecified atom stereocenters. The van der Waals surface area contributed by atoms with E-state index in [1.807, 2.05) is 18.3 Å². The SMILES string of the molecule is S=C(Nc1ccc(N2CCOCC2)[nH+]c1)Nc1cc(Cl)ccc1Cl. The molecule has 0 spiro atoms. The van der Waals surface area contributed by atoms with E-state index in [2.05, 4.69) is 20.5 Å². The standard InChI is InChI=1S/C16H16Cl2N4OS/c17-11-1-3-13(18)14(9-11)21-16(24)20-12-2-4-15(19-10-12)22-5-7-23-8-6-22/h1-4,9-10H,5-8H2,(H2,20,21,24)/p+1. The molecule has 1 saturated heterocycles. The maximum absolute atomic E-state index is 6.12. The topological polar surface area (TPSA) is 50.7 Å². The molecule has 1 aliphatic rings. The maximum Gasteiger partial charge on any atom is 0.274 e. The number of halogens is 2. The van der Waals surface area contributed by atoms with Gasteiger partial charge in [-0.05, 0) is 36.5 Å². The summed E-state index contributed by atoms with van der Waals surface area (Å²) >= 11 is 17.4. The van der Waals surface area contributed by atoms with Gasteiger partial charge in [0.15, 0.2) is 5.11 Å². The van der Waals surface area contributed by atoms with Crippen LogP contribution in [0.4, 0.5) is 17.2 Å². The Balaban J connectivity index is 1.61. The van der Waals surface area contributed by atoms with Crippen LogP contribution in [-0.4, -0.2) is 31.4 Å². The first kappa shape index (κ1) is 17.2. The summed E-state index contributed by atoms with van der Waals surface area (Å²) in [5, 5.41) is 7.73. The lowest BCUT2D eigenvalue weighted by atomic mass is 10.3. The van der Waals surface area contributed by atoms with Crippen molar-refractivity contribution >= 4 is 57.7 Å². The Kier molecular flexibility index (Phi) is 5.73. The third kappa shape index (κ3) is 4.48. The number of anilines is 3. The highest BCUT2D eigenvalue weighted by atomic mass is 35.5. The summed E-state index contributed by atoms with van der Waals surface area (Å²) in [5.41, 5.74) is 1.51. The van der Waals surface area contributed by atoms with Crippen LogP contribution in [0, 0.1) is 0 Å². The van der Waals surface area contributed by atoms with Gasteiger partial charge in [0.05, 0.1) is 29.6 Å². The van der Waals surface area contributed by atoms with Gasteiger partial charge in [0, 0.05) is 11.1 Å². The van der Waals surface area contributed by atoms with E-state index >= 15 is 0 Å². The number of aromatic amines is 1. The van der Waals surface area contributed by atoms with Gasteiger partial charge in [-0.1, -0.05) is 23.2 Å². The molecular weight excluding hydrogens is 367 g/mol. The lowest BCUT2D eigenvalue weighted by Crippen LogP contribution is -2.39. The van der Waals surface area contributed by atoms with Crippen molar-refractivity contribution in [2.45, 2.75) is 0 Å². The predicted octanol–water partition coefficient (Wildman–Crippen LogP) is 3.45. The molecule has 5 nitrogen and oxygen atoms in total. The van der Waals surface area contributed by atoms with E-state index in [4.69, 9.17) is 40.2 Å². The van der Waals surface area contributed by atoms with E-state index < -0.39 is 0 Å². The van der Waals surface area contributed by atoms with Gasteiger partial charge >= 0.3 is 0 Å². The summed E-state index contributed by atoms with van der Waals surface area (Å²) in [6.07, 6.45) is 1.87. The first-order valence-electron chi connectivity index (χ1n) is 7.49. The number of aromatic nitrogens is 1. The molecule has 0 amide bonds. The molecule has 3 rings (SSSR count). The van der Waals surface area contributed by atoms with Crippen molar-refractivity contribution in [3.8, 4) is 0 Å². The molecule has 0 bridgehead atoms. The van der Waals surface area contributed by atoms with Gasteiger partial charge in [-0.3, -0.25) is 4.90 Å². The van der Waals surface area contributed by atoms with Crippen molar-refractivity contribution in [2.75, 3.05) is 41.8 Å². The average molecular weight is 384 g/mol. The molecule has 1 aromatic carbocycles. The third-order valence-electron chi connectivity index (χ3n) is 3.58. The van der Waals surface area contributed by atoms with Crippen LogP contribution >= 0.6 is 35.4 Å². The summed E-state index contributed by atoms with van der Waals surface area (Å²) in [5.74, 6) is 1.06. The lowest BCUT2D eigenvalue weighted by Gasteiger charge is -2.21. The quantitative estimate of drug-likeness (QED) is 0.794. The molecule has 0 aliphatic carbocycles. The number of H-pyrrole nitrogens is 1. The first-order chi connectivity index (χ1) is 11.6. The zero-order chi connectivity index (χ0) is 16.9. The van der Waals surface area contributed by atoms with Crippen LogP contribution in [0.15, 0.2) is 36.5 Å². The average Bonchev–Trinajstić information content (AvgIpc) is 2.59. The van der Waals surface area contributed by atoms with Crippen molar-refractivity contribution in [1.82, 2.24) is 0 Å². The second-order valence-corrected chi connectivity index (χ2v) is 6.52. The lowest BCUT2D eigenvalue weighted by molar-refractivity contribution is -0.363. The van der Waals surface area contributed by atoms with Crippen LogP contribution in [-0.2, 0) is 4.74 Å². The second kappa shape index (κ2) is 7.98. The van der Waals surface area contributed by atoms with E-state index in [0.29, 0.717) is 20.8 Å². The van der Waals surface area contributed by atoms with Crippen molar-refractivity contribution in [3.05, 3.63) is 46.6 Å². The molecule has 8 heteroatoms. The largest absolute Gasteiger partial charge is 0.373 e. The maximum atomic E-state index is 6.12. The molecule has 2 heterocycles. The fourth-order valence-corrected chi connectivity index (χ4v) is 2.94. The van der Waals surface area contributed by atoms with Gasteiger partial charge in [0.25, 0.3) is 5.82 Å². The minimum atomic E-state index is 0.437. The Hall–Kier alpha value is -1.60. The first-order valence-corrected chi connectivity index (χ1v) is 8.66. The Morgan fingerprint density at radius 2 is 1.92 bits per heavy atom. The van der Waals surface area contributed by atoms with Crippen molar-refractivity contribution < 1.29 is 9.72 Å². The summed E-state index contributed by atoms with van der Waals surface area (Å²) < 4.78 is 5.36. The van der Waals surface area contributed by atoms with E-state index in [0.717, 1.165) is 37.8 Å². The smallest absolute Gasteiger partial charge is 0.274 e. The number of pyridine rings is 1. The molecule has 1 fully saturated rings. The highest BCUT2D eigenvalue weighted by Crippen LogP contribution is 2.25. The molecule has 24 heavy (non-hydrogen) atoms. The molecule has 0 radical (unpaired) electrons. The number of morpholine rings is 1. The molecule has 2 aromatic rings. The van der Waals surface area contributed by atoms with Gasteiger partial charge in [-0.15, -0.1) is 0 Å². The Morgan fingerprint density at radius 1 is 1.12 bits per heavy atom. The molecule has 3 N–H and O–H groups in total. The number of hydrogen-bond acceptors (Lipinski definition) is 3. The Morgan fingerprint density at radius 3 is 2.62 bits per heavy atom. The van der Waals surface area contributed by atoms with Crippen LogP contribution in [0.2, 0.25) is 10.0 Å². The van der Waals surface area contributed by atoms with Crippen molar-refractivity contribution in [3.63, 3.8) is 0 Å². The van der Waals surface area contributed by atoms with Crippen LogP contribution in [0.5, 0.6) is 0 Å². The highest BCUT2D eigenvalue weighted by Gasteiger charge is 2.18. The van der Waals surface area contributed by atoms with E-state index in [1.165, 1.54) is 0 Å². The van der Waals surface area contributed by atoms with Gasteiger partial charge in [0.1, 0.15) is 19.3 Å². The third-order valence-corrected chi connectivity index (χ3v) is 4.35. The van der Waals surface area contributed by atoms with E-state index in [1.54, 1.807) is 18.2 Å². The van der Waals surface area contributed by atoms with Gasteiger partial charge in [0.2, 0.25) is 0 Å². The number of nitrogens with zero attached hydrogens (tertiary/aromatic N) is 1. The number of benzene rings is 1. The number of rotatable bonds is 3. The fraction of sp³-hybridized carbons (Fsp3) is 0.250. The summed E-state index contributed by atoms with van der Waals surface area (Å²) in [4.78, 5) is 5.52. The molecule has 1 aromatic heterocycles.